The number of hydroxylamine groups is 8. The predicted molar refractivity (Wildman–Crippen MR) is 277 cm³/mol. The zero-order valence-electron chi connectivity index (χ0n) is 46.2. The van der Waals surface area contributed by atoms with E-state index in [1.165, 1.54) is 6.92 Å². The van der Waals surface area contributed by atoms with Crippen molar-refractivity contribution in [3.05, 3.63) is 0 Å². The Labute approximate surface area is 453 Å². The molecule has 0 aromatic heterocycles. The fourth-order valence-electron chi connectivity index (χ4n) is 6.56. The van der Waals surface area contributed by atoms with Crippen LogP contribution in [0, 0.1) is 0 Å². The first-order valence-electron chi connectivity index (χ1n) is 27.0. The molecule has 0 aliphatic rings. The predicted octanol–water partition coefficient (Wildman–Crippen LogP) is 2.35. The second kappa shape index (κ2) is 46.8. The van der Waals surface area contributed by atoms with Gasteiger partial charge in [-0.1, -0.05) is 0 Å². The molecule has 27 nitrogen and oxygen atoms in total. The number of amides is 9. The Hall–Kier alpha value is -5.29. The SMILES string of the molecule is CC(=O)N(O)CCCCCNC(=O)CCC(=O)N(O)CCCCCNC(=O)CCC(=O)N(O)CCCCCNC(=O)CCC(=O)N(O)CCCCCNC(=O)CCOCCOCCOCCOCCNC(=O)OC(C)(C)C. The van der Waals surface area contributed by atoms with E-state index in [4.69, 9.17) is 23.7 Å². The first-order chi connectivity index (χ1) is 36.7. The highest BCUT2D eigenvalue weighted by Gasteiger charge is 2.17. The summed E-state index contributed by atoms with van der Waals surface area (Å²) >= 11 is 0. The van der Waals surface area contributed by atoms with Gasteiger partial charge in [-0.15, -0.1) is 0 Å². The van der Waals surface area contributed by atoms with Gasteiger partial charge in [-0.25, -0.2) is 25.0 Å². The van der Waals surface area contributed by atoms with E-state index in [9.17, 15) is 64.0 Å². The fraction of sp³-hybridized carbons (Fsp3) is 0.820. The Kier molecular flexibility index (Phi) is 43.6. The quantitative estimate of drug-likeness (QED) is 0.0240. The summed E-state index contributed by atoms with van der Waals surface area (Å²) in [5, 5.41) is 55.3. The molecule has 0 aliphatic carbocycles. The molecule has 0 rings (SSSR count). The van der Waals surface area contributed by atoms with Crippen molar-refractivity contribution >= 4 is 53.4 Å². The summed E-state index contributed by atoms with van der Waals surface area (Å²) in [5.41, 5.74) is -0.552. The van der Waals surface area contributed by atoms with Crippen LogP contribution in [-0.2, 0) is 62.0 Å². The van der Waals surface area contributed by atoms with Crippen molar-refractivity contribution in [2.75, 3.05) is 112 Å². The van der Waals surface area contributed by atoms with Crippen molar-refractivity contribution in [2.24, 2.45) is 0 Å². The summed E-state index contributed by atoms with van der Waals surface area (Å²) in [5.74, 6) is -3.41. The number of carbonyl (C=O) groups is 9. The maximum Gasteiger partial charge on any atom is 0.407 e. The van der Waals surface area contributed by atoms with Crippen LogP contribution in [0.2, 0.25) is 0 Å². The van der Waals surface area contributed by atoms with Crippen LogP contribution in [0.1, 0.15) is 150 Å². The summed E-state index contributed by atoms with van der Waals surface area (Å²) < 4.78 is 26.8. The van der Waals surface area contributed by atoms with E-state index in [2.05, 4.69) is 26.6 Å². The normalized spacial score (nSPS) is 11.1. The van der Waals surface area contributed by atoms with Crippen molar-refractivity contribution < 1.29 is 87.7 Å². The van der Waals surface area contributed by atoms with Crippen LogP contribution < -0.4 is 26.6 Å². The Morgan fingerprint density at radius 2 is 0.649 bits per heavy atom. The summed E-state index contributed by atoms with van der Waals surface area (Å²) in [6.07, 6.45) is 5.82. The molecule has 0 aromatic carbocycles. The first kappa shape index (κ1) is 71.7. The van der Waals surface area contributed by atoms with Gasteiger partial charge in [-0.05, 0) is 97.8 Å². The largest absolute Gasteiger partial charge is 0.444 e. The lowest BCUT2D eigenvalue weighted by Crippen LogP contribution is -2.34. The molecule has 0 saturated carbocycles. The molecule has 0 spiro atoms. The standard InChI is InChI=1S/C50H93N9O18/c1-41(60)56(69)29-13-5-9-24-51-42(61)17-20-46(65)57(70)30-14-6-10-25-52-43(62)18-21-47(66)58(71)31-15-7-11-26-53-44(63)19-22-48(67)59(72)32-16-8-12-27-54-45(64)23-33-73-35-37-75-39-40-76-38-36-74-34-28-55-49(68)77-50(2,3)4/h69-72H,5-40H2,1-4H3,(H,51,61)(H,52,62)(H,53,63)(H,54,64)(H,55,68). The molecule has 0 bridgehead atoms. The van der Waals surface area contributed by atoms with Crippen LogP contribution in [0.25, 0.3) is 0 Å². The van der Waals surface area contributed by atoms with E-state index in [1.807, 2.05) is 0 Å². The van der Waals surface area contributed by atoms with Crippen LogP contribution in [0.5, 0.6) is 0 Å². The lowest BCUT2D eigenvalue weighted by atomic mass is 10.2. The third kappa shape index (κ3) is 46.5. The number of hydrogen-bond donors (Lipinski definition) is 9. The minimum Gasteiger partial charge on any atom is -0.444 e. The highest BCUT2D eigenvalue weighted by molar-refractivity contribution is 5.84. The van der Waals surface area contributed by atoms with Crippen LogP contribution >= 0.6 is 0 Å². The van der Waals surface area contributed by atoms with Gasteiger partial charge < -0.3 is 50.3 Å². The van der Waals surface area contributed by atoms with Crippen molar-refractivity contribution in [3.8, 4) is 0 Å². The molecule has 0 radical (unpaired) electrons. The first-order valence-corrected chi connectivity index (χ1v) is 27.0. The van der Waals surface area contributed by atoms with Crippen LogP contribution in [0.4, 0.5) is 4.79 Å². The van der Waals surface area contributed by atoms with Gasteiger partial charge in [-0.2, -0.15) is 0 Å². The number of unbranched alkanes of at least 4 members (excludes halogenated alkanes) is 8. The van der Waals surface area contributed by atoms with E-state index in [0.29, 0.717) is 176 Å². The molecule has 0 aromatic rings. The van der Waals surface area contributed by atoms with E-state index in [1.54, 1.807) is 20.8 Å². The second-order valence-corrected chi connectivity index (χ2v) is 19.0. The summed E-state index contributed by atoms with van der Waals surface area (Å²) in [4.78, 5) is 108. The van der Waals surface area contributed by atoms with E-state index in [0.717, 1.165) is 0 Å². The van der Waals surface area contributed by atoms with Crippen molar-refractivity contribution in [1.29, 1.82) is 0 Å². The molecule has 77 heavy (non-hydrogen) atoms. The number of carbonyl (C=O) groups excluding carboxylic acids is 9. The van der Waals surface area contributed by atoms with E-state index in [-0.39, 0.29) is 101 Å². The summed E-state index contributed by atoms with van der Waals surface area (Å²) in [6.45, 7) is 11.7. The third-order valence-corrected chi connectivity index (χ3v) is 10.9. The molecule has 0 heterocycles. The molecule has 0 aliphatic heterocycles. The highest BCUT2D eigenvalue weighted by atomic mass is 16.6. The smallest absolute Gasteiger partial charge is 0.407 e. The summed E-state index contributed by atoms with van der Waals surface area (Å²) in [7, 11) is 0. The van der Waals surface area contributed by atoms with Gasteiger partial charge in [0.05, 0.1) is 52.9 Å². The molecule has 446 valence electrons. The Bertz CT molecular complexity index is 1680. The number of ether oxygens (including phenoxy) is 5. The lowest BCUT2D eigenvalue weighted by molar-refractivity contribution is -0.166. The maximum atomic E-state index is 12.3. The average molecular weight is 1110 g/mol. The van der Waals surface area contributed by atoms with Gasteiger partial charge in [0.15, 0.2) is 0 Å². The van der Waals surface area contributed by atoms with Gasteiger partial charge in [-0.3, -0.25) is 59.2 Å². The molecule has 9 amide bonds. The van der Waals surface area contributed by atoms with Crippen molar-refractivity contribution in [2.45, 2.75) is 155 Å². The Balaban J connectivity index is 3.73. The molecule has 0 unspecified atom stereocenters. The van der Waals surface area contributed by atoms with Gasteiger partial charge in [0.2, 0.25) is 47.3 Å². The Morgan fingerprint density at radius 3 is 0.974 bits per heavy atom. The van der Waals surface area contributed by atoms with Crippen LogP contribution in [0.15, 0.2) is 0 Å². The van der Waals surface area contributed by atoms with Gasteiger partial charge in [0, 0.05) is 111 Å². The molecule has 0 fully saturated rings. The van der Waals surface area contributed by atoms with Gasteiger partial charge in [0.1, 0.15) is 5.60 Å². The highest BCUT2D eigenvalue weighted by Crippen LogP contribution is 2.07. The number of alkyl carbamates (subject to hydrolysis) is 1. The maximum absolute atomic E-state index is 12.3. The van der Waals surface area contributed by atoms with E-state index < -0.39 is 35.3 Å². The Morgan fingerprint density at radius 1 is 0.351 bits per heavy atom. The molecule has 0 atom stereocenters. The number of hydrogen-bond acceptors (Lipinski definition) is 18. The molecule has 9 N–H and O–H groups in total. The van der Waals surface area contributed by atoms with E-state index >= 15 is 0 Å². The van der Waals surface area contributed by atoms with Gasteiger partial charge in [0.25, 0.3) is 0 Å². The lowest BCUT2D eigenvalue weighted by Gasteiger charge is -2.19. The average Bonchev–Trinajstić information content (AvgIpc) is 3.38. The minimum absolute atomic E-state index is 0.0465. The van der Waals surface area contributed by atoms with Gasteiger partial charge >= 0.3 is 6.09 Å². The molecule has 0 saturated heterocycles. The minimum atomic E-state index is -0.607. The van der Waals surface area contributed by atoms with Crippen LogP contribution in [-0.4, -0.2) is 212 Å². The van der Waals surface area contributed by atoms with Crippen molar-refractivity contribution in [3.63, 3.8) is 0 Å². The molecule has 27 heteroatoms. The molecular formula is C50H93N9O18. The number of nitrogens with zero attached hydrogens (tertiary/aromatic N) is 4. The van der Waals surface area contributed by atoms with Crippen LogP contribution in [0.3, 0.4) is 0 Å². The van der Waals surface area contributed by atoms with Crippen molar-refractivity contribution in [1.82, 2.24) is 46.8 Å². The fourth-order valence-corrected chi connectivity index (χ4v) is 6.56. The second-order valence-electron chi connectivity index (χ2n) is 19.0. The summed E-state index contributed by atoms with van der Waals surface area (Å²) in [6, 6.07) is 0. The number of nitrogens with one attached hydrogen (secondary N) is 5. The zero-order valence-corrected chi connectivity index (χ0v) is 46.2. The zero-order chi connectivity index (χ0) is 57.5. The topological polar surface area (TPSA) is 354 Å². The number of rotatable bonds is 48. The molecular weight excluding hydrogens is 1010 g/mol. The third-order valence-electron chi connectivity index (χ3n) is 10.9. The monoisotopic (exact) mass is 1110 g/mol.